The number of carbonyl (C=O) groups is 2. The molecule has 1 aromatic rings. The average Bonchev–Trinajstić information content (AvgIpc) is 3.15. The van der Waals surface area contributed by atoms with Gasteiger partial charge in [0.2, 0.25) is 6.29 Å². The molecule has 12 nitrogen and oxygen atoms in total. The smallest absolute Gasteiger partial charge is 0.338 e. The minimum Gasteiger partial charge on any atom is -0.508 e. The van der Waals surface area contributed by atoms with Gasteiger partial charge in [-0.15, -0.1) is 0 Å². The van der Waals surface area contributed by atoms with Crippen LogP contribution in [0.1, 0.15) is 23.7 Å². The molecular formula is C23H28O12. The number of phenols is 1. The van der Waals surface area contributed by atoms with Crippen LogP contribution in [0.5, 0.6) is 5.75 Å². The zero-order valence-electron chi connectivity index (χ0n) is 18.7. The Balaban J connectivity index is 1.53. The van der Waals surface area contributed by atoms with E-state index in [1.165, 1.54) is 24.3 Å². The SMILES string of the molecule is CC1C(OC(=O)c2ccc(O)cc2)CC2C(C(=O)O)=COC(OC3OC(CO)C(O)C(O)C3O)C21. The van der Waals surface area contributed by atoms with Gasteiger partial charge < -0.3 is 49.6 Å². The lowest BCUT2D eigenvalue weighted by molar-refractivity contribution is -0.342. The van der Waals surface area contributed by atoms with Gasteiger partial charge in [-0.05, 0) is 30.7 Å². The summed E-state index contributed by atoms with van der Waals surface area (Å²) < 4.78 is 22.4. The summed E-state index contributed by atoms with van der Waals surface area (Å²) in [6.45, 7) is 1.11. The van der Waals surface area contributed by atoms with Gasteiger partial charge in [-0.2, -0.15) is 0 Å². The van der Waals surface area contributed by atoms with Gasteiger partial charge in [-0.25, -0.2) is 9.59 Å². The van der Waals surface area contributed by atoms with Crippen molar-refractivity contribution in [2.24, 2.45) is 17.8 Å². The van der Waals surface area contributed by atoms with E-state index in [0.29, 0.717) is 0 Å². The molecule has 3 aliphatic rings. The van der Waals surface area contributed by atoms with E-state index in [9.17, 15) is 40.2 Å². The van der Waals surface area contributed by atoms with Crippen molar-refractivity contribution in [1.82, 2.24) is 0 Å². The molecule has 1 aliphatic carbocycles. The van der Waals surface area contributed by atoms with Crippen molar-refractivity contribution in [1.29, 1.82) is 0 Å². The number of hydrogen-bond acceptors (Lipinski definition) is 11. The number of hydrogen-bond donors (Lipinski definition) is 6. The predicted molar refractivity (Wildman–Crippen MR) is 114 cm³/mol. The summed E-state index contributed by atoms with van der Waals surface area (Å²) in [5.41, 5.74) is 0.183. The number of aliphatic hydroxyl groups is 4. The van der Waals surface area contributed by atoms with Gasteiger partial charge in [0.05, 0.1) is 24.0 Å². The van der Waals surface area contributed by atoms with Crippen LogP contribution in [0.25, 0.3) is 0 Å². The number of aliphatic carboxylic acids is 1. The van der Waals surface area contributed by atoms with Crippen LogP contribution in [0.3, 0.4) is 0 Å². The number of aliphatic hydroxyl groups excluding tert-OH is 4. The van der Waals surface area contributed by atoms with E-state index in [1.807, 2.05) is 0 Å². The van der Waals surface area contributed by atoms with Crippen LogP contribution in [0.2, 0.25) is 0 Å². The first kappa shape index (κ1) is 25.4. The molecule has 2 fully saturated rings. The minimum absolute atomic E-state index is 0.0108. The van der Waals surface area contributed by atoms with Crippen molar-refractivity contribution in [3.8, 4) is 5.75 Å². The molecule has 10 atom stereocenters. The van der Waals surface area contributed by atoms with Gasteiger partial charge in [-0.1, -0.05) is 6.92 Å². The Morgan fingerprint density at radius 2 is 1.74 bits per heavy atom. The van der Waals surface area contributed by atoms with Crippen molar-refractivity contribution in [3.63, 3.8) is 0 Å². The van der Waals surface area contributed by atoms with Crippen LogP contribution in [0.15, 0.2) is 36.1 Å². The fourth-order valence-electron chi connectivity index (χ4n) is 4.93. The zero-order chi connectivity index (χ0) is 25.4. The van der Waals surface area contributed by atoms with Crippen molar-refractivity contribution in [3.05, 3.63) is 41.7 Å². The fraction of sp³-hybridized carbons (Fsp3) is 0.565. The average molecular weight is 496 g/mol. The van der Waals surface area contributed by atoms with Gasteiger partial charge in [0.1, 0.15) is 36.3 Å². The number of carboxylic acid groups (broad SMARTS) is 1. The quantitative estimate of drug-likeness (QED) is 0.273. The van der Waals surface area contributed by atoms with Gasteiger partial charge in [0, 0.05) is 17.8 Å². The summed E-state index contributed by atoms with van der Waals surface area (Å²) >= 11 is 0. The van der Waals surface area contributed by atoms with Crippen LogP contribution < -0.4 is 0 Å². The number of carbonyl (C=O) groups excluding carboxylic acids is 1. The van der Waals surface area contributed by atoms with Crippen molar-refractivity contribution < 1.29 is 59.2 Å². The lowest BCUT2D eigenvalue weighted by Crippen LogP contribution is -2.60. The number of benzene rings is 1. The second-order valence-electron chi connectivity index (χ2n) is 8.99. The first-order valence-corrected chi connectivity index (χ1v) is 11.2. The van der Waals surface area contributed by atoms with E-state index in [1.54, 1.807) is 6.92 Å². The Bertz CT molecular complexity index is 960. The molecule has 6 N–H and O–H groups in total. The van der Waals surface area contributed by atoms with Gasteiger partial charge >= 0.3 is 11.9 Å². The fourth-order valence-corrected chi connectivity index (χ4v) is 4.93. The number of carboxylic acids is 1. The third kappa shape index (κ3) is 4.85. The monoisotopic (exact) mass is 496 g/mol. The van der Waals surface area contributed by atoms with Gasteiger partial charge in [-0.3, -0.25) is 0 Å². The van der Waals surface area contributed by atoms with E-state index in [0.717, 1.165) is 6.26 Å². The van der Waals surface area contributed by atoms with Gasteiger partial charge in [0.15, 0.2) is 6.29 Å². The molecule has 4 rings (SSSR count). The van der Waals surface area contributed by atoms with Crippen molar-refractivity contribution in [2.45, 2.75) is 56.4 Å². The molecule has 1 aromatic carbocycles. The second kappa shape index (κ2) is 10.1. The maximum absolute atomic E-state index is 12.6. The number of phenolic OH excluding ortho intramolecular Hbond substituents is 1. The van der Waals surface area contributed by atoms with E-state index in [-0.39, 0.29) is 23.3 Å². The minimum atomic E-state index is -1.67. The predicted octanol–water partition coefficient (Wildman–Crippen LogP) is -0.669. The number of rotatable bonds is 6. The summed E-state index contributed by atoms with van der Waals surface area (Å²) in [4.78, 5) is 24.5. The molecule has 12 heteroatoms. The third-order valence-corrected chi connectivity index (χ3v) is 6.91. The highest BCUT2D eigenvalue weighted by atomic mass is 16.8. The normalized spacial score (nSPS) is 38.7. The first-order valence-electron chi connectivity index (χ1n) is 11.2. The molecule has 1 saturated heterocycles. The highest BCUT2D eigenvalue weighted by molar-refractivity contribution is 5.90. The first-order chi connectivity index (χ1) is 16.6. The molecule has 10 unspecified atom stereocenters. The molecule has 0 radical (unpaired) electrons. The summed E-state index contributed by atoms with van der Waals surface area (Å²) in [7, 11) is 0. The van der Waals surface area contributed by atoms with Crippen molar-refractivity contribution in [2.75, 3.05) is 6.61 Å². The zero-order valence-corrected chi connectivity index (χ0v) is 18.7. The Hall–Kier alpha value is -2.74. The molecule has 0 spiro atoms. The van der Waals surface area contributed by atoms with Gasteiger partial charge in [0.25, 0.3) is 0 Å². The van der Waals surface area contributed by atoms with E-state index in [4.69, 9.17) is 18.9 Å². The molecule has 2 aliphatic heterocycles. The number of fused-ring (bicyclic) bond motifs is 1. The van der Waals surface area contributed by atoms with E-state index < -0.39 is 79.4 Å². The van der Waals surface area contributed by atoms with Crippen LogP contribution in [0.4, 0.5) is 0 Å². The third-order valence-electron chi connectivity index (χ3n) is 6.91. The maximum atomic E-state index is 12.6. The summed E-state index contributed by atoms with van der Waals surface area (Å²) in [5, 5.41) is 58.8. The Labute approximate surface area is 199 Å². The molecular weight excluding hydrogens is 468 g/mol. The second-order valence-corrected chi connectivity index (χ2v) is 8.99. The lowest BCUT2D eigenvalue weighted by atomic mass is 9.83. The highest BCUT2D eigenvalue weighted by Crippen LogP contribution is 2.48. The number of esters is 1. The topological polar surface area (TPSA) is 192 Å². The van der Waals surface area contributed by atoms with Crippen LogP contribution in [-0.2, 0) is 23.7 Å². The number of ether oxygens (including phenoxy) is 4. The molecule has 35 heavy (non-hydrogen) atoms. The summed E-state index contributed by atoms with van der Waals surface area (Å²) in [5.74, 6) is -3.56. The lowest BCUT2D eigenvalue weighted by Gasteiger charge is -2.43. The van der Waals surface area contributed by atoms with Crippen LogP contribution >= 0.6 is 0 Å². The molecule has 192 valence electrons. The molecule has 0 amide bonds. The molecule has 1 saturated carbocycles. The van der Waals surface area contributed by atoms with Crippen molar-refractivity contribution >= 4 is 11.9 Å². The van der Waals surface area contributed by atoms with E-state index in [2.05, 4.69) is 0 Å². The Morgan fingerprint density at radius 1 is 1.06 bits per heavy atom. The molecule has 0 bridgehead atoms. The molecule has 2 heterocycles. The summed E-state index contributed by atoms with van der Waals surface area (Å²) in [6.07, 6.45) is -8.20. The largest absolute Gasteiger partial charge is 0.508 e. The molecule has 0 aromatic heterocycles. The van der Waals surface area contributed by atoms with E-state index >= 15 is 0 Å². The van der Waals surface area contributed by atoms with Crippen LogP contribution in [0, 0.1) is 17.8 Å². The standard InChI is InChI=1S/C23H28O12/c1-9-14(33-21(31)10-2-4-11(25)5-3-10)6-12-13(20(29)30)8-32-22(16(9)12)35-23-19(28)18(27)17(26)15(7-24)34-23/h2-5,8-9,12,14-19,22-28H,6-7H2,1H3,(H,29,30). The Morgan fingerprint density at radius 3 is 2.37 bits per heavy atom. The maximum Gasteiger partial charge on any atom is 0.338 e. The Kier molecular flexibility index (Phi) is 7.31. The number of aromatic hydroxyl groups is 1. The van der Waals surface area contributed by atoms with Crippen LogP contribution in [-0.4, -0.2) is 92.3 Å². The summed E-state index contributed by atoms with van der Waals surface area (Å²) in [6, 6.07) is 5.50. The highest BCUT2D eigenvalue weighted by Gasteiger charge is 2.54.